The molecule has 0 aliphatic rings. The Morgan fingerprint density at radius 2 is 1.25 bits per heavy atom. The van der Waals surface area contributed by atoms with E-state index in [0.717, 1.165) is 22.5 Å². The summed E-state index contributed by atoms with van der Waals surface area (Å²) >= 11 is 0. The van der Waals surface area contributed by atoms with Crippen LogP contribution < -0.4 is 10.6 Å². The molecule has 2 heterocycles. The molecule has 28 heavy (non-hydrogen) atoms. The lowest BCUT2D eigenvalue weighted by Crippen LogP contribution is -2.04. The van der Waals surface area contributed by atoms with Crippen molar-refractivity contribution in [1.29, 1.82) is 0 Å². The molecule has 2 N–H and O–H groups in total. The number of para-hydroxylation sites is 1. The van der Waals surface area contributed by atoms with E-state index in [1.807, 2.05) is 60.7 Å². The lowest BCUT2D eigenvalue weighted by Gasteiger charge is -2.14. The highest BCUT2D eigenvalue weighted by molar-refractivity contribution is 5.86. The normalized spacial score (nSPS) is 10.7. The van der Waals surface area contributed by atoms with Gasteiger partial charge in [-0.3, -0.25) is 0 Å². The Labute approximate surface area is 161 Å². The largest absolute Gasteiger partial charge is 0.322 e. The third-order valence-corrected chi connectivity index (χ3v) is 3.82. The molecule has 0 saturated carbocycles. The van der Waals surface area contributed by atoms with Crippen molar-refractivity contribution in [3.8, 4) is 0 Å². The van der Waals surface area contributed by atoms with Crippen LogP contribution in [-0.4, -0.2) is 29.9 Å². The van der Waals surface area contributed by atoms with Gasteiger partial charge < -0.3 is 10.6 Å². The predicted octanol–water partition coefficient (Wildman–Crippen LogP) is 3.71. The molecule has 0 aliphatic heterocycles. The Morgan fingerprint density at radius 3 is 1.93 bits per heavy atom. The number of aromatic nitrogens is 6. The number of hydrogen-bond acceptors (Lipinski definition) is 8. The molecule has 2 aromatic carbocycles. The average molecular weight is 368 g/mol. The van der Waals surface area contributed by atoms with Gasteiger partial charge in [-0.1, -0.05) is 54.6 Å². The third-order valence-electron chi connectivity index (χ3n) is 3.82. The number of hydrogen-bond donors (Lipinski definition) is 2. The smallest absolute Gasteiger partial charge is 0.230 e. The summed E-state index contributed by atoms with van der Waals surface area (Å²) in [6.07, 6.45) is 9.83. The van der Waals surface area contributed by atoms with Crippen molar-refractivity contribution in [2.45, 2.75) is 0 Å². The first kappa shape index (κ1) is 17.2. The van der Waals surface area contributed by atoms with Gasteiger partial charge in [-0.2, -0.15) is 0 Å². The average Bonchev–Trinajstić information content (AvgIpc) is 2.76. The molecule has 4 aromatic rings. The van der Waals surface area contributed by atoms with Gasteiger partial charge in [0, 0.05) is 5.56 Å². The van der Waals surface area contributed by atoms with Crippen LogP contribution in [0.15, 0.2) is 73.8 Å². The zero-order chi connectivity index (χ0) is 19.0. The van der Waals surface area contributed by atoms with Crippen molar-refractivity contribution in [1.82, 2.24) is 29.9 Å². The summed E-state index contributed by atoms with van der Waals surface area (Å²) in [7, 11) is 0. The molecule has 0 aliphatic carbocycles. The number of benzene rings is 2. The van der Waals surface area contributed by atoms with E-state index in [0.29, 0.717) is 11.9 Å². The molecule has 2 aromatic heterocycles. The van der Waals surface area contributed by atoms with Crippen LogP contribution in [0.25, 0.3) is 12.2 Å². The van der Waals surface area contributed by atoms with Gasteiger partial charge in [-0.05, 0) is 11.6 Å². The fourth-order valence-corrected chi connectivity index (χ4v) is 2.54. The Kier molecular flexibility index (Phi) is 5.20. The predicted molar refractivity (Wildman–Crippen MR) is 108 cm³/mol. The monoisotopic (exact) mass is 368 g/mol. The van der Waals surface area contributed by atoms with Crippen LogP contribution in [0.5, 0.6) is 0 Å². The van der Waals surface area contributed by atoms with Crippen molar-refractivity contribution < 1.29 is 0 Å². The Morgan fingerprint density at radius 1 is 0.607 bits per heavy atom. The molecule has 0 spiro atoms. The second-order valence-corrected chi connectivity index (χ2v) is 5.69. The van der Waals surface area contributed by atoms with Crippen molar-refractivity contribution in [3.63, 3.8) is 0 Å². The molecule has 0 fully saturated rings. The van der Waals surface area contributed by atoms with Crippen LogP contribution in [0, 0.1) is 0 Å². The highest BCUT2D eigenvalue weighted by Gasteiger charge is 2.10. The van der Waals surface area contributed by atoms with E-state index in [4.69, 9.17) is 0 Å². The van der Waals surface area contributed by atoms with Crippen molar-refractivity contribution in [3.05, 3.63) is 85.0 Å². The molecular formula is C20H16N8. The molecule has 0 amide bonds. The molecule has 136 valence electrons. The summed E-state index contributed by atoms with van der Waals surface area (Å²) in [5.41, 5.74) is 3.62. The molecule has 0 unspecified atom stereocenters. The number of nitrogens with zero attached hydrogens (tertiary/aromatic N) is 6. The second-order valence-electron chi connectivity index (χ2n) is 5.69. The third kappa shape index (κ3) is 4.31. The highest BCUT2D eigenvalue weighted by atomic mass is 15.2. The topological polar surface area (TPSA) is 101 Å². The SMILES string of the molecule is C(=Cc1cccc(Nc2ncncn2)c1Nc1ncncn1)c1ccccc1. The lowest BCUT2D eigenvalue weighted by molar-refractivity contribution is 1.05. The standard InChI is InChI=1S/C20H16N8/c1-2-5-15(6-3-1)9-10-16-7-4-8-17(27-19-23-11-21-12-24-19)18(16)28-20-25-13-22-14-26-20/h1-14H,(H,21,23,24,27)(H,22,25,26,28). The number of rotatable bonds is 6. The van der Waals surface area contributed by atoms with Gasteiger partial charge in [-0.25, -0.2) is 29.9 Å². The first-order valence-electron chi connectivity index (χ1n) is 8.53. The van der Waals surface area contributed by atoms with Gasteiger partial charge in [-0.15, -0.1) is 0 Å². The van der Waals surface area contributed by atoms with Crippen LogP contribution in [0.4, 0.5) is 23.3 Å². The van der Waals surface area contributed by atoms with E-state index >= 15 is 0 Å². The van der Waals surface area contributed by atoms with Crippen LogP contribution in [0.3, 0.4) is 0 Å². The quantitative estimate of drug-likeness (QED) is 0.497. The van der Waals surface area contributed by atoms with Crippen molar-refractivity contribution in [2.24, 2.45) is 0 Å². The number of anilines is 4. The van der Waals surface area contributed by atoms with E-state index in [1.165, 1.54) is 25.3 Å². The molecule has 0 radical (unpaired) electrons. The summed E-state index contributed by atoms with van der Waals surface area (Å²) in [5.74, 6) is 0.882. The highest BCUT2D eigenvalue weighted by Crippen LogP contribution is 2.31. The summed E-state index contributed by atoms with van der Waals surface area (Å²) in [6, 6.07) is 16.0. The van der Waals surface area contributed by atoms with Gasteiger partial charge in [0.1, 0.15) is 25.3 Å². The molecule has 0 bridgehead atoms. The van der Waals surface area contributed by atoms with Gasteiger partial charge in [0.2, 0.25) is 11.9 Å². The Hall–Kier alpha value is -4.20. The first-order valence-corrected chi connectivity index (χ1v) is 8.53. The first-order chi connectivity index (χ1) is 13.9. The van der Waals surface area contributed by atoms with Gasteiger partial charge >= 0.3 is 0 Å². The minimum Gasteiger partial charge on any atom is -0.322 e. The fourth-order valence-electron chi connectivity index (χ4n) is 2.54. The maximum Gasteiger partial charge on any atom is 0.230 e. The maximum atomic E-state index is 4.16. The summed E-state index contributed by atoms with van der Waals surface area (Å²) in [4.78, 5) is 24.3. The van der Waals surface area contributed by atoms with Gasteiger partial charge in [0.25, 0.3) is 0 Å². The van der Waals surface area contributed by atoms with Crippen molar-refractivity contribution >= 4 is 35.4 Å². The van der Waals surface area contributed by atoms with Gasteiger partial charge in [0.15, 0.2) is 0 Å². The fraction of sp³-hybridized carbons (Fsp3) is 0. The van der Waals surface area contributed by atoms with E-state index in [2.05, 4.69) is 40.5 Å². The lowest BCUT2D eigenvalue weighted by atomic mass is 10.1. The minimum absolute atomic E-state index is 0.439. The maximum absolute atomic E-state index is 4.16. The zero-order valence-electron chi connectivity index (χ0n) is 14.8. The van der Waals surface area contributed by atoms with E-state index < -0.39 is 0 Å². The zero-order valence-corrected chi connectivity index (χ0v) is 14.8. The Bertz CT molecular complexity index is 1050. The Balaban J connectivity index is 1.72. The summed E-state index contributed by atoms with van der Waals surface area (Å²) in [5, 5.41) is 6.45. The minimum atomic E-state index is 0.439. The van der Waals surface area contributed by atoms with Crippen LogP contribution in [-0.2, 0) is 0 Å². The van der Waals surface area contributed by atoms with E-state index in [1.54, 1.807) is 0 Å². The van der Waals surface area contributed by atoms with Crippen LogP contribution in [0.2, 0.25) is 0 Å². The van der Waals surface area contributed by atoms with E-state index in [-0.39, 0.29) is 0 Å². The molecule has 0 saturated heterocycles. The van der Waals surface area contributed by atoms with Crippen LogP contribution in [0.1, 0.15) is 11.1 Å². The molecule has 8 heteroatoms. The second kappa shape index (κ2) is 8.45. The van der Waals surface area contributed by atoms with Gasteiger partial charge in [0.05, 0.1) is 11.4 Å². The summed E-state index contributed by atoms with van der Waals surface area (Å²) < 4.78 is 0. The number of nitrogens with one attached hydrogen (secondary N) is 2. The van der Waals surface area contributed by atoms with Crippen LogP contribution >= 0.6 is 0 Å². The van der Waals surface area contributed by atoms with Crippen molar-refractivity contribution in [2.75, 3.05) is 10.6 Å². The molecule has 0 atom stereocenters. The molecule has 8 nitrogen and oxygen atoms in total. The summed E-state index contributed by atoms with van der Waals surface area (Å²) in [6.45, 7) is 0. The van der Waals surface area contributed by atoms with E-state index in [9.17, 15) is 0 Å². The molecule has 4 rings (SSSR count). The molecular weight excluding hydrogens is 352 g/mol.